The van der Waals surface area contributed by atoms with Crippen molar-refractivity contribution in [1.29, 1.82) is 0 Å². The van der Waals surface area contributed by atoms with Gasteiger partial charge in [0, 0.05) is 5.02 Å². The van der Waals surface area contributed by atoms with Crippen molar-refractivity contribution in [3.8, 4) is 0 Å². The molecule has 0 aliphatic rings. The average molecular weight is 255 g/mol. The fourth-order valence-corrected chi connectivity index (χ4v) is 1.35. The summed E-state index contributed by atoms with van der Waals surface area (Å²) in [4.78, 5) is 11.6. The van der Waals surface area contributed by atoms with Crippen molar-refractivity contribution in [3.63, 3.8) is 0 Å². The summed E-state index contributed by atoms with van der Waals surface area (Å²) < 4.78 is 10.1. The molecule has 4 heteroatoms. The number of carbonyl (C=O) groups excluding carboxylic acids is 1. The highest BCUT2D eigenvalue weighted by Crippen LogP contribution is 2.14. The topological polar surface area (TPSA) is 35.5 Å². The largest absolute Gasteiger partial charge is 0.487 e. The molecule has 0 heterocycles. The minimum absolute atomic E-state index is 0.205. The Hall–Kier alpha value is -1.48. The molecule has 92 valence electrons. The van der Waals surface area contributed by atoms with Crippen LogP contribution in [0.3, 0.4) is 0 Å². The quantitative estimate of drug-likeness (QED) is 0.460. The summed E-state index contributed by atoms with van der Waals surface area (Å²) in [5.74, 6) is -0.249. The van der Waals surface area contributed by atoms with Gasteiger partial charge in [-0.15, -0.1) is 0 Å². The molecule has 0 atom stereocenters. The molecule has 0 saturated carbocycles. The van der Waals surface area contributed by atoms with E-state index in [1.807, 2.05) is 6.92 Å². The lowest BCUT2D eigenvalue weighted by atomic mass is 10.2. The smallest absolute Gasteiger partial charge is 0.373 e. The molecule has 0 amide bonds. The number of carbonyl (C=O) groups is 1. The molecule has 0 aliphatic heterocycles. The van der Waals surface area contributed by atoms with E-state index < -0.39 is 5.97 Å². The highest BCUT2D eigenvalue weighted by Gasteiger charge is 2.11. The summed E-state index contributed by atoms with van der Waals surface area (Å²) in [6, 6.07) is 7.12. The van der Waals surface area contributed by atoms with Crippen LogP contribution in [0.5, 0.6) is 0 Å². The fourth-order valence-electron chi connectivity index (χ4n) is 1.23. The number of esters is 1. The van der Waals surface area contributed by atoms with E-state index in [0.717, 1.165) is 5.56 Å². The summed E-state index contributed by atoms with van der Waals surface area (Å²) in [5.41, 5.74) is 0.839. The normalized spacial score (nSPS) is 11.1. The van der Waals surface area contributed by atoms with Gasteiger partial charge in [-0.25, -0.2) is 4.79 Å². The number of hydrogen-bond acceptors (Lipinski definition) is 3. The van der Waals surface area contributed by atoms with E-state index in [4.69, 9.17) is 21.1 Å². The summed E-state index contributed by atoms with van der Waals surface area (Å²) >= 11 is 5.78. The van der Waals surface area contributed by atoms with Gasteiger partial charge in [0.25, 0.3) is 0 Å². The van der Waals surface area contributed by atoms with Gasteiger partial charge in [0.05, 0.1) is 13.2 Å². The standard InChI is InChI=1S/C13H15ClO3/c1-3-16-12(13(15)17-4-2)9-10-5-7-11(14)8-6-10/h5-9H,3-4H2,1-2H3. The van der Waals surface area contributed by atoms with Crippen LogP contribution in [0.4, 0.5) is 0 Å². The van der Waals surface area contributed by atoms with E-state index >= 15 is 0 Å². The maximum absolute atomic E-state index is 11.6. The number of hydrogen-bond donors (Lipinski definition) is 0. The predicted octanol–water partition coefficient (Wildman–Crippen LogP) is 3.28. The first-order valence-electron chi connectivity index (χ1n) is 5.44. The maximum Gasteiger partial charge on any atom is 0.373 e. The van der Waals surface area contributed by atoms with Gasteiger partial charge in [-0.1, -0.05) is 23.7 Å². The van der Waals surface area contributed by atoms with Crippen LogP contribution in [0.2, 0.25) is 5.02 Å². The lowest BCUT2D eigenvalue weighted by molar-refractivity contribution is -0.142. The zero-order valence-corrected chi connectivity index (χ0v) is 10.7. The van der Waals surface area contributed by atoms with Gasteiger partial charge in [-0.05, 0) is 37.6 Å². The molecular formula is C13H15ClO3. The molecule has 3 nitrogen and oxygen atoms in total. The molecule has 1 rings (SSSR count). The Morgan fingerprint density at radius 1 is 1.18 bits per heavy atom. The van der Waals surface area contributed by atoms with Gasteiger partial charge in [0.2, 0.25) is 5.76 Å². The Morgan fingerprint density at radius 3 is 2.29 bits per heavy atom. The van der Waals surface area contributed by atoms with Crippen molar-refractivity contribution in [2.75, 3.05) is 13.2 Å². The number of benzene rings is 1. The number of halogens is 1. The van der Waals surface area contributed by atoms with Crippen LogP contribution in [-0.4, -0.2) is 19.2 Å². The van der Waals surface area contributed by atoms with E-state index in [1.54, 1.807) is 37.3 Å². The Labute approximate surface area is 106 Å². The van der Waals surface area contributed by atoms with Crippen LogP contribution in [0.15, 0.2) is 30.0 Å². The first-order valence-corrected chi connectivity index (χ1v) is 5.82. The van der Waals surface area contributed by atoms with Crippen molar-refractivity contribution in [1.82, 2.24) is 0 Å². The van der Waals surface area contributed by atoms with Crippen LogP contribution in [-0.2, 0) is 14.3 Å². The molecule has 0 unspecified atom stereocenters. The van der Waals surface area contributed by atoms with Crippen molar-refractivity contribution in [2.24, 2.45) is 0 Å². The zero-order valence-electron chi connectivity index (χ0n) is 9.90. The SMILES string of the molecule is CCOC(=O)C(=Cc1ccc(Cl)cc1)OCC. The molecule has 1 aromatic rings. The summed E-state index contributed by atoms with van der Waals surface area (Å²) in [6.45, 7) is 4.31. The van der Waals surface area contributed by atoms with Gasteiger partial charge in [0.1, 0.15) is 0 Å². The highest BCUT2D eigenvalue weighted by atomic mass is 35.5. The lowest BCUT2D eigenvalue weighted by Crippen LogP contribution is -2.10. The van der Waals surface area contributed by atoms with Gasteiger partial charge in [0.15, 0.2) is 0 Å². The van der Waals surface area contributed by atoms with E-state index in [0.29, 0.717) is 18.2 Å². The van der Waals surface area contributed by atoms with Crippen LogP contribution in [0.1, 0.15) is 19.4 Å². The van der Waals surface area contributed by atoms with Gasteiger partial charge < -0.3 is 9.47 Å². The Bertz CT molecular complexity index is 396. The van der Waals surface area contributed by atoms with Gasteiger partial charge >= 0.3 is 5.97 Å². The molecule has 0 spiro atoms. The number of ether oxygens (including phenoxy) is 2. The Kier molecular flexibility index (Phi) is 5.57. The van der Waals surface area contributed by atoms with Crippen LogP contribution < -0.4 is 0 Å². The molecule has 0 saturated heterocycles. The summed E-state index contributed by atoms with van der Waals surface area (Å²) in [7, 11) is 0. The highest BCUT2D eigenvalue weighted by molar-refractivity contribution is 6.30. The molecular weight excluding hydrogens is 240 g/mol. The molecule has 0 aliphatic carbocycles. The van der Waals surface area contributed by atoms with E-state index in [-0.39, 0.29) is 5.76 Å². The van der Waals surface area contributed by atoms with Crippen molar-refractivity contribution < 1.29 is 14.3 Å². The molecule has 0 bridgehead atoms. The number of rotatable bonds is 5. The predicted molar refractivity (Wildman–Crippen MR) is 67.7 cm³/mol. The third-order valence-electron chi connectivity index (χ3n) is 1.94. The zero-order chi connectivity index (χ0) is 12.7. The van der Waals surface area contributed by atoms with Crippen LogP contribution in [0, 0.1) is 0 Å². The van der Waals surface area contributed by atoms with Crippen LogP contribution >= 0.6 is 11.6 Å². The monoisotopic (exact) mass is 254 g/mol. The molecule has 0 N–H and O–H groups in total. The fraction of sp³-hybridized carbons (Fsp3) is 0.308. The van der Waals surface area contributed by atoms with Gasteiger partial charge in [-0.2, -0.15) is 0 Å². The third kappa shape index (κ3) is 4.49. The first kappa shape index (κ1) is 13.6. The second kappa shape index (κ2) is 6.97. The molecule has 17 heavy (non-hydrogen) atoms. The molecule has 0 aromatic heterocycles. The Balaban J connectivity index is 2.89. The second-order valence-electron chi connectivity index (χ2n) is 3.21. The maximum atomic E-state index is 11.6. The first-order chi connectivity index (χ1) is 8.17. The minimum Gasteiger partial charge on any atom is -0.487 e. The molecule has 0 fully saturated rings. The third-order valence-corrected chi connectivity index (χ3v) is 2.20. The average Bonchev–Trinajstić information content (AvgIpc) is 2.31. The van der Waals surface area contributed by atoms with E-state index in [2.05, 4.69) is 0 Å². The van der Waals surface area contributed by atoms with E-state index in [1.165, 1.54) is 0 Å². The summed E-state index contributed by atoms with van der Waals surface area (Å²) in [6.07, 6.45) is 1.64. The lowest BCUT2D eigenvalue weighted by Gasteiger charge is -2.07. The van der Waals surface area contributed by atoms with Crippen molar-refractivity contribution >= 4 is 23.6 Å². The Morgan fingerprint density at radius 2 is 1.76 bits per heavy atom. The van der Waals surface area contributed by atoms with E-state index in [9.17, 15) is 4.79 Å². The summed E-state index contributed by atoms with van der Waals surface area (Å²) in [5, 5.41) is 0.649. The molecule has 1 aromatic carbocycles. The molecule has 0 radical (unpaired) electrons. The van der Waals surface area contributed by atoms with Crippen LogP contribution in [0.25, 0.3) is 6.08 Å². The minimum atomic E-state index is -0.454. The van der Waals surface area contributed by atoms with Crippen molar-refractivity contribution in [2.45, 2.75) is 13.8 Å². The second-order valence-corrected chi connectivity index (χ2v) is 3.65. The van der Waals surface area contributed by atoms with Crippen molar-refractivity contribution in [3.05, 3.63) is 40.6 Å². The van der Waals surface area contributed by atoms with Gasteiger partial charge in [-0.3, -0.25) is 0 Å².